The maximum Gasteiger partial charge on any atom is 0.343 e. The summed E-state index contributed by atoms with van der Waals surface area (Å²) in [6.45, 7) is 5.09. The lowest BCUT2D eigenvalue weighted by molar-refractivity contribution is 0.0728. The molecule has 3 rings (SSSR count). The molecule has 6 heteroatoms. The third-order valence-electron chi connectivity index (χ3n) is 3.40. The molecule has 0 spiro atoms. The Morgan fingerprint density at radius 3 is 2.65 bits per heavy atom. The van der Waals surface area contributed by atoms with E-state index in [-0.39, 0.29) is 0 Å². The molecule has 0 saturated heterocycles. The van der Waals surface area contributed by atoms with Crippen molar-refractivity contribution in [2.75, 3.05) is 6.61 Å². The van der Waals surface area contributed by atoms with Gasteiger partial charge in [0.05, 0.1) is 17.7 Å². The highest BCUT2D eigenvalue weighted by atomic mass is 16.6. The summed E-state index contributed by atoms with van der Waals surface area (Å²) in [5.41, 5.74) is 1.98. The minimum atomic E-state index is -0.454. The van der Waals surface area contributed by atoms with Gasteiger partial charge in [-0.15, -0.1) is 5.10 Å². The van der Waals surface area contributed by atoms with Gasteiger partial charge in [-0.2, -0.15) is 0 Å². The van der Waals surface area contributed by atoms with Crippen LogP contribution in [0.3, 0.4) is 0 Å². The van der Waals surface area contributed by atoms with Gasteiger partial charge in [-0.1, -0.05) is 17.3 Å². The number of rotatable bonds is 5. The number of carbonyl (C=O) groups excluding carboxylic acids is 1. The normalized spacial score (nSPS) is 10.7. The Balaban J connectivity index is 1.86. The van der Waals surface area contributed by atoms with Gasteiger partial charge in [0, 0.05) is 6.54 Å². The molecular formula is C17H17N3O3. The molecule has 0 amide bonds. The summed E-state index contributed by atoms with van der Waals surface area (Å²) in [4.78, 5) is 12.4. The molecule has 0 N–H and O–H groups in total. The van der Waals surface area contributed by atoms with E-state index in [9.17, 15) is 4.79 Å². The molecule has 23 heavy (non-hydrogen) atoms. The van der Waals surface area contributed by atoms with E-state index < -0.39 is 5.97 Å². The fraction of sp³-hybridized carbons (Fsp3) is 0.235. The van der Waals surface area contributed by atoms with Crippen molar-refractivity contribution in [3.8, 4) is 11.5 Å². The highest BCUT2D eigenvalue weighted by Gasteiger charge is 2.14. The van der Waals surface area contributed by atoms with E-state index in [1.807, 2.05) is 26.0 Å². The number of hydrogen-bond donors (Lipinski definition) is 0. The molecule has 0 aliphatic carbocycles. The minimum absolute atomic E-state index is 0.400. The standard InChI is InChI=1S/C17H17N3O3/c1-3-20-14-10-9-12(11-13(14)18-19-20)17(21)23-16-8-6-5-7-15(16)22-4-2/h5-11H,3-4H2,1-2H3. The molecule has 6 nitrogen and oxygen atoms in total. The third-order valence-corrected chi connectivity index (χ3v) is 3.40. The van der Waals surface area contributed by atoms with E-state index in [0.29, 0.717) is 29.2 Å². The number of benzene rings is 2. The number of aryl methyl sites for hydroxylation is 1. The molecule has 0 aliphatic rings. The maximum atomic E-state index is 12.4. The first kappa shape index (κ1) is 15.0. The maximum absolute atomic E-state index is 12.4. The molecule has 3 aromatic rings. The van der Waals surface area contributed by atoms with Crippen LogP contribution in [-0.4, -0.2) is 27.6 Å². The largest absolute Gasteiger partial charge is 0.490 e. The van der Waals surface area contributed by atoms with Crippen molar-refractivity contribution in [2.24, 2.45) is 0 Å². The Morgan fingerprint density at radius 1 is 1.13 bits per heavy atom. The van der Waals surface area contributed by atoms with Crippen molar-refractivity contribution >= 4 is 17.0 Å². The van der Waals surface area contributed by atoms with Gasteiger partial charge >= 0.3 is 5.97 Å². The molecule has 0 radical (unpaired) electrons. The monoisotopic (exact) mass is 311 g/mol. The zero-order chi connectivity index (χ0) is 16.2. The Labute approximate surface area is 133 Å². The zero-order valence-corrected chi connectivity index (χ0v) is 13.0. The Morgan fingerprint density at radius 2 is 1.91 bits per heavy atom. The Kier molecular flexibility index (Phi) is 4.23. The third kappa shape index (κ3) is 3.01. The molecule has 118 valence electrons. The second kappa shape index (κ2) is 6.48. The van der Waals surface area contributed by atoms with Crippen molar-refractivity contribution in [3.63, 3.8) is 0 Å². The van der Waals surface area contributed by atoms with Gasteiger partial charge in [0.15, 0.2) is 11.5 Å². The molecular weight excluding hydrogens is 294 g/mol. The summed E-state index contributed by atoms with van der Waals surface area (Å²) in [6.07, 6.45) is 0. The molecule has 1 aromatic heterocycles. The number of fused-ring (bicyclic) bond motifs is 1. The van der Waals surface area contributed by atoms with Crippen LogP contribution in [0.2, 0.25) is 0 Å². The summed E-state index contributed by atoms with van der Waals surface area (Å²) in [7, 11) is 0. The van der Waals surface area contributed by atoms with Crippen LogP contribution in [0.15, 0.2) is 42.5 Å². The molecule has 0 bridgehead atoms. The Hall–Kier alpha value is -2.89. The molecule has 0 atom stereocenters. The summed E-state index contributed by atoms with van der Waals surface area (Å²) in [5.74, 6) is 0.489. The number of aromatic nitrogens is 3. The number of ether oxygens (including phenoxy) is 2. The molecule has 1 heterocycles. The smallest absolute Gasteiger partial charge is 0.343 e. The van der Waals surface area contributed by atoms with E-state index in [2.05, 4.69) is 10.3 Å². The molecule has 2 aromatic carbocycles. The van der Waals surface area contributed by atoms with Crippen molar-refractivity contribution < 1.29 is 14.3 Å². The number of carbonyl (C=O) groups is 1. The number of para-hydroxylation sites is 2. The lowest BCUT2D eigenvalue weighted by atomic mass is 10.2. The summed E-state index contributed by atoms with van der Waals surface area (Å²) < 4.78 is 12.7. The van der Waals surface area contributed by atoms with Gasteiger partial charge < -0.3 is 9.47 Å². The second-order valence-corrected chi connectivity index (χ2v) is 4.88. The van der Waals surface area contributed by atoms with Gasteiger partial charge in [-0.3, -0.25) is 0 Å². The van der Waals surface area contributed by atoms with E-state index >= 15 is 0 Å². The van der Waals surface area contributed by atoms with E-state index in [4.69, 9.17) is 9.47 Å². The topological polar surface area (TPSA) is 66.2 Å². The predicted molar refractivity (Wildman–Crippen MR) is 85.8 cm³/mol. The van der Waals surface area contributed by atoms with Gasteiger partial charge in [0.25, 0.3) is 0 Å². The summed E-state index contributed by atoms with van der Waals surface area (Å²) in [5, 5.41) is 8.10. The highest BCUT2D eigenvalue weighted by Crippen LogP contribution is 2.27. The predicted octanol–water partition coefficient (Wildman–Crippen LogP) is 3.07. The van der Waals surface area contributed by atoms with Crippen molar-refractivity contribution in [1.82, 2.24) is 15.0 Å². The molecule has 0 fully saturated rings. The quantitative estimate of drug-likeness (QED) is 0.535. The first-order valence-corrected chi connectivity index (χ1v) is 7.50. The van der Waals surface area contributed by atoms with Crippen LogP contribution in [0.25, 0.3) is 11.0 Å². The fourth-order valence-electron chi connectivity index (χ4n) is 2.30. The molecule has 0 aliphatic heterocycles. The van der Waals surface area contributed by atoms with Crippen molar-refractivity contribution in [1.29, 1.82) is 0 Å². The lowest BCUT2D eigenvalue weighted by Gasteiger charge is -2.10. The summed E-state index contributed by atoms with van der Waals surface area (Å²) in [6, 6.07) is 12.3. The van der Waals surface area contributed by atoms with E-state index in [1.165, 1.54) is 0 Å². The highest BCUT2D eigenvalue weighted by molar-refractivity contribution is 5.94. The average Bonchev–Trinajstić information content (AvgIpc) is 2.99. The van der Waals surface area contributed by atoms with Crippen molar-refractivity contribution in [2.45, 2.75) is 20.4 Å². The fourth-order valence-corrected chi connectivity index (χ4v) is 2.30. The molecule has 0 unspecified atom stereocenters. The van der Waals surface area contributed by atoms with Crippen LogP contribution >= 0.6 is 0 Å². The van der Waals surface area contributed by atoms with Crippen LogP contribution < -0.4 is 9.47 Å². The van der Waals surface area contributed by atoms with Crippen LogP contribution in [0.5, 0.6) is 11.5 Å². The Bertz CT molecular complexity index is 842. The van der Waals surface area contributed by atoms with Crippen molar-refractivity contribution in [3.05, 3.63) is 48.0 Å². The molecule has 0 saturated carbocycles. The average molecular weight is 311 g/mol. The van der Waals surface area contributed by atoms with Gasteiger partial charge in [0.1, 0.15) is 5.52 Å². The van der Waals surface area contributed by atoms with Gasteiger partial charge in [-0.25, -0.2) is 9.48 Å². The van der Waals surface area contributed by atoms with Crippen LogP contribution in [-0.2, 0) is 6.54 Å². The van der Waals surface area contributed by atoms with Crippen LogP contribution in [0.4, 0.5) is 0 Å². The van der Waals surface area contributed by atoms with Crippen LogP contribution in [0.1, 0.15) is 24.2 Å². The summed E-state index contributed by atoms with van der Waals surface area (Å²) >= 11 is 0. The van der Waals surface area contributed by atoms with Gasteiger partial charge in [0.2, 0.25) is 0 Å². The zero-order valence-electron chi connectivity index (χ0n) is 13.0. The number of hydrogen-bond acceptors (Lipinski definition) is 5. The van der Waals surface area contributed by atoms with E-state index in [0.717, 1.165) is 12.1 Å². The first-order valence-electron chi connectivity index (χ1n) is 7.50. The second-order valence-electron chi connectivity index (χ2n) is 4.88. The number of esters is 1. The van der Waals surface area contributed by atoms with Gasteiger partial charge in [-0.05, 0) is 44.2 Å². The lowest BCUT2D eigenvalue weighted by Crippen LogP contribution is -2.09. The SMILES string of the molecule is CCOc1ccccc1OC(=O)c1ccc2c(c1)nnn2CC. The number of nitrogens with zero attached hydrogens (tertiary/aromatic N) is 3. The van der Waals surface area contributed by atoms with Crippen LogP contribution in [0, 0.1) is 0 Å². The first-order chi connectivity index (χ1) is 11.2. The minimum Gasteiger partial charge on any atom is -0.490 e. The van der Waals surface area contributed by atoms with E-state index in [1.54, 1.807) is 35.0 Å².